The molecule has 0 radical (unpaired) electrons. The third-order valence-corrected chi connectivity index (χ3v) is 3.67. The van der Waals surface area contributed by atoms with Crippen LogP contribution >= 0.6 is 11.3 Å². The summed E-state index contributed by atoms with van der Waals surface area (Å²) in [6.07, 6.45) is 0.786. The maximum atomic E-state index is 13.1. The highest BCUT2D eigenvalue weighted by molar-refractivity contribution is 7.14. The van der Waals surface area contributed by atoms with Crippen molar-refractivity contribution >= 4 is 22.4 Å². The van der Waals surface area contributed by atoms with Gasteiger partial charge in [-0.05, 0) is 18.6 Å². The molecule has 2 aromatic rings. The Balaban J connectivity index is 2.13. The molecule has 0 saturated carbocycles. The Bertz CT molecular complexity index is 582. The fourth-order valence-corrected chi connectivity index (χ4v) is 2.25. The third-order valence-electron chi connectivity index (χ3n) is 2.91. The number of amides is 1. The number of carbonyl (C=O) groups is 1. The van der Waals surface area contributed by atoms with E-state index in [0.717, 1.165) is 6.42 Å². The number of nitrogens with one attached hydrogen (secondary N) is 1. The summed E-state index contributed by atoms with van der Waals surface area (Å²) in [4.78, 5) is 16.0. The maximum absolute atomic E-state index is 13.1. The average Bonchev–Trinajstić information content (AvgIpc) is 2.86. The molecule has 1 heterocycles. The van der Waals surface area contributed by atoms with Gasteiger partial charge >= 0.3 is 0 Å². The zero-order valence-corrected chi connectivity index (χ0v) is 11.6. The summed E-state index contributed by atoms with van der Waals surface area (Å²) in [5, 5.41) is 5.12. The fraction of sp³-hybridized carbons (Fsp3) is 0.286. The Labute approximate surface area is 115 Å². The van der Waals surface area contributed by atoms with E-state index in [1.54, 1.807) is 17.5 Å². The van der Waals surface area contributed by atoms with E-state index in [1.807, 2.05) is 13.8 Å². The molecule has 1 atom stereocenters. The lowest BCUT2D eigenvalue weighted by Gasteiger charge is -2.06. The van der Waals surface area contributed by atoms with Crippen LogP contribution < -0.4 is 5.32 Å². The highest BCUT2D eigenvalue weighted by Gasteiger charge is 2.13. The van der Waals surface area contributed by atoms with Crippen molar-refractivity contribution in [3.8, 4) is 11.3 Å². The van der Waals surface area contributed by atoms with Gasteiger partial charge < -0.3 is 5.32 Å². The van der Waals surface area contributed by atoms with Crippen LogP contribution in [-0.2, 0) is 4.79 Å². The molecule has 0 fully saturated rings. The topological polar surface area (TPSA) is 42.0 Å². The van der Waals surface area contributed by atoms with Crippen molar-refractivity contribution in [1.29, 1.82) is 0 Å². The van der Waals surface area contributed by atoms with Crippen molar-refractivity contribution in [3.05, 3.63) is 35.5 Å². The highest BCUT2D eigenvalue weighted by atomic mass is 32.1. The zero-order chi connectivity index (χ0) is 13.8. The second kappa shape index (κ2) is 5.93. The van der Waals surface area contributed by atoms with E-state index in [9.17, 15) is 9.18 Å². The van der Waals surface area contributed by atoms with E-state index in [4.69, 9.17) is 0 Å². The van der Waals surface area contributed by atoms with Crippen molar-refractivity contribution in [1.82, 2.24) is 4.98 Å². The fourth-order valence-electron chi connectivity index (χ4n) is 1.53. The lowest BCUT2D eigenvalue weighted by atomic mass is 10.1. The van der Waals surface area contributed by atoms with Gasteiger partial charge in [-0.15, -0.1) is 11.3 Å². The van der Waals surface area contributed by atoms with Gasteiger partial charge in [0.15, 0.2) is 5.13 Å². The zero-order valence-electron chi connectivity index (χ0n) is 10.8. The number of benzene rings is 1. The number of thiazole rings is 1. The number of halogens is 1. The van der Waals surface area contributed by atoms with Crippen LogP contribution in [0.2, 0.25) is 0 Å². The standard InChI is InChI=1S/C14H15FN2OS/c1-3-9(2)13(18)17-14-16-12(8-19-14)10-5-4-6-11(15)7-10/h4-9H,3H2,1-2H3,(H,16,17,18). The molecule has 0 aliphatic carbocycles. The predicted octanol–water partition coefficient (Wildman–Crippen LogP) is 3.93. The normalized spacial score (nSPS) is 12.2. The van der Waals surface area contributed by atoms with E-state index in [-0.39, 0.29) is 17.6 Å². The summed E-state index contributed by atoms with van der Waals surface area (Å²) in [5.74, 6) is -0.375. The van der Waals surface area contributed by atoms with Crippen LogP contribution in [0.4, 0.5) is 9.52 Å². The largest absolute Gasteiger partial charge is 0.302 e. The molecule has 5 heteroatoms. The number of anilines is 1. The molecule has 1 amide bonds. The lowest BCUT2D eigenvalue weighted by molar-refractivity contribution is -0.119. The second-order valence-electron chi connectivity index (χ2n) is 4.35. The minimum absolute atomic E-state index is 0.0392. The van der Waals surface area contributed by atoms with E-state index in [2.05, 4.69) is 10.3 Å². The van der Waals surface area contributed by atoms with Gasteiger partial charge in [-0.25, -0.2) is 9.37 Å². The first kappa shape index (κ1) is 13.7. The quantitative estimate of drug-likeness (QED) is 0.920. The molecular formula is C14H15FN2OS. The smallest absolute Gasteiger partial charge is 0.228 e. The minimum atomic E-state index is -0.296. The Hall–Kier alpha value is -1.75. The SMILES string of the molecule is CCC(C)C(=O)Nc1nc(-c2cccc(F)c2)cs1. The summed E-state index contributed by atoms with van der Waals surface area (Å²) < 4.78 is 13.1. The molecule has 1 aromatic heterocycles. The van der Waals surface area contributed by atoms with Crippen molar-refractivity contribution in [2.75, 3.05) is 5.32 Å². The molecule has 0 saturated heterocycles. The Morgan fingerprint density at radius 1 is 1.53 bits per heavy atom. The second-order valence-corrected chi connectivity index (χ2v) is 5.20. The molecular weight excluding hydrogens is 263 g/mol. The van der Waals surface area contributed by atoms with E-state index in [1.165, 1.54) is 23.5 Å². The van der Waals surface area contributed by atoms with Gasteiger partial charge in [-0.3, -0.25) is 4.79 Å². The van der Waals surface area contributed by atoms with Crippen LogP contribution in [0.15, 0.2) is 29.6 Å². The number of hydrogen-bond donors (Lipinski definition) is 1. The van der Waals surface area contributed by atoms with Crippen molar-refractivity contribution in [2.45, 2.75) is 20.3 Å². The van der Waals surface area contributed by atoms with E-state index >= 15 is 0 Å². The van der Waals surface area contributed by atoms with Crippen molar-refractivity contribution in [3.63, 3.8) is 0 Å². The van der Waals surface area contributed by atoms with Crippen LogP contribution in [0.1, 0.15) is 20.3 Å². The first-order valence-corrected chi connectivity index (χ1v) is 7.00. The van der Waals surface area contributed by atoms with Gasteiger partial charge in [0.05, 0.1) is 5.69 Å². The molecule has 0 spiro atoms. The summed E-state index contributed by atoms with van der Waals surface area (Å²) >= 11 is 1.34. The maximum Gasteiger partial charge on any atom is 0.228 e. The number of rotatable bonds is 4. The molecule has 0 bridgehead atoms. The molecule has 3 nitrogen and oxygen atoms in total. The van der Waals surface area contributed by atoms with Gasteiger partial charge in [-0.2, -0.15) is 0 Å². The minimum Gasteiger partial charge on any atom is -0.302 e. The van der Waals surface area contributed by atoms with Crippen LogP contribution in [0, 0.1) is 11.7 Å². The number of carbonyl (C=O) groups excluding carboxylic acids is 1. The summed E-state index contributed by atoms with van der Waals surface area (Å²) in [6.45, 7) is 3.83. The Morgan fingerprint density at radius 2 is 2.32 bits per heavy atom. The molecule has 0 aliphatic rings. The monoisotopic (exact) mass is 278 g/mol. The van der Waals surface area contributed by atoms with Gasteiger partial charge in [0, 0.05) is 16.9 Å². The molecule has 1 aromatic carbocycles. The molecule has 0 aliphatic heterocycles. The van der Waals surface area contributed by atoms with Crippen LogP contribution in [-0.4, -0.2) is 10.9 Å². The first-order valence-electron chi connectivity index (χ1n) is 6.12. The van der Waals surface area contributed by atoms with Crippen molar-refractivity contribution in [2.24, 2.45) is 5.92 Å². The van der Waals surface area contributed by atoms with Gasteiger partial charge in [-0.1, -0.05) is 26.0 Å². The number of nitrogens with zero attached hydrogens (tertiary/aromatic N) is 1. The van der Waals surface area contributed by atoms with Crippen LogP contribution in [0.25, 0.3) is 11.3 Å². The lowest BCUT2D eigenvalue weighted by Crippen LogP contribution is -2.19. The molecule has 100 valence electrons. The molecule has 19 heavy (non-hydrogen) atoms. The Morgan fingerprint density at radius 3 is 3.00 bits per heavy atom. The molecule has 1 N–H and O–H groups in total. The van der Waals surface area contributed by atoms with Gasteiger partial charge in [0.25, 0.3) is 0 Å². The van der Waals surface area contributed by atoms with Crippen LogP contribution in [0.3, 0.4) is 0 Å². The third kappa shape index (κ3) is 3.38. The van der Waals surface area contributed by atoms with Crippen LogP contribution in [0.5, 0.6) is 0 Å². The molecule has 1 unspecified atom stereocenters. The average molecular weight is 278 g/mol. The number of aromatic nitrogens is 1. The Kier molecular flexibility index (Phi) is 4.27. The van der Waals surface area contributed by atoms with E-state index < -0.39 is 0 Å². The summed E-state index contributed by atoms with van der Waals surface area (Å²) in [5.41, 5.74) is 1.38. The number of hydrogen-bond acceptors (Lipinski definition) is 3. The first-order chi connectivity index (χ1) is 9.10. The summed E-state index contributed by atoms with van der Waals surface area (Å²) in [7, 11) is 0. The molecule has 2 rings (SSSR count). The van der Waals surface area contributed by atoms with Crippen molar-refractivity contribution < 1.29 is 9.18 Å². The van der Waals surface area contributed by atoms with Gasteiger partial charge in [0.2, 0.25) is 5.91 Å². The summed E-state index contributed by atoms with van der Waals surface area (Å²) in [6, 6.07) is 6.25. The highest BCUT2D eigenvalue weighted by Crippen LogP contribution is 2.25. The van der Waals surface area contributed by atoms with Gasteiger partial charge in [0.1, 0.15) is 5.82 Å². The van der Waals surface area contributed by atoms with E-state index in [0.29, 0.717) is 16.4 Å². The predicted molar refractivity (Wildman–Crippen MR) is 75.6 cm³/mol.